The van der Waals surface area contributed by atoms with E-state index in [0.717, 1.165) is 5.92 Å². The van der Waals surface area contributed by atoms with Gasteiger partial charge in [0.1, 0.15) is 0 Å². The maximum Gasteiger partial charge on any atom is 0.527 e. The summed E-state index contributed by atoms with van der Waals surface area (Å²) in [6.45, 7) is 2.23. The Hall–Kier alpha value is -1.16. The monoisotopic (exact) mass is 340 g/mol. The number of carbonyl (C=O) groups excluding carboxylic acids is 1. The molecule has 0 radical (unpaired) electrons. The number of phosphoric ester groups is 1. The quantitative estimate of drug-likeness (QED) is 0.750. The Balaban J connectivity index is 1.91. The Morgan fingerprint density at radius 3 is 2.30 bits per heavy atom. The van der Waals surface area contributed by atoms with Crippen LogP contribution in [0.3, 0.4) is 0 Å². The van der Waals surface area contributed by atoms with Gasteiger partial charge in [0.25, 0.3) is 0 Å². The van der Waals surface area contributed by atoms with Crippen molar-refractivity contribution < 1.29 is 23.7 Å². The number of unbranched alkanes of at least 4 members (excludes halogenated alkanes) is 1. The van der Waals surface area contributed by atoms with E-state index < -0.39 is 13.8 Å². The predicted octanol–water partition coefficient (Wildman–Crippen LogP) is 4.40. The number of carbonyl (C=O) groups is 1. The minimum Gasteiger partial charge on any atom is -0.367 e. The topological polar surface area (TPSA) is 83.8 Å². The van der Waals surface area contributed by atoms with Crippen molar-refractivity contribution in [2.45, 2.75) is 57.8 Å². The maximum atomic E-state index is 11.6. The minimum absolute atomic E-state index is 0.161. The van der Waals surface area contributed by atoms with Crippen LogP contribution in [0.15, 0.2) is 24.3 Å². The van der Waals surface area contributed by atoms with E-state index in [4.69, 9.17) is 9.79 Å². The average Bonchev–Trinajstić information content (AvgIpc) is 2.52. The highest BCUT2D eigenvalue weighted by molar-refractivity contribution is 7.46. The van der Waals surface area contributed by atoms with Gasteiger partial charge in [-0.3, -0.25) is 9.79 Å². The second-order valence-electron chi connectivity index (χ2n) is 6.35. The first-order valence-corrected chi connectivity index (χ1v) is 9.81. The van der Waals surface area contributed by atoms with Gasteiger partial charge in [-0.15, -0.1) is 0 Å². The van der Waals surface area contributed by atoms with E-state index >= 15 is 0 Å². The van der Waals surface area contributed by atoms with Crippen LogP contribution in [0, 0.1) is 5.92 Å². The average molecular weight is 340 g/mol. The fraction of sp³-hybridized carbons (Fsp3) is 0.588. The molecule has 0 spiro atoms. The third kappa shape index (κ3) is 5.76. The maximum absolute atomic E-state index is 11.6. The summed E-state index contributed by atoms with van der Waals surface area (Å²) in [7, 11) is -4.79. The van der Waals surface area contributed by atoms with Gasteiger partial charge < -0.3 is 4.52 Å². The zero-order chi connectivity index (χ0) is 16.9. The molecule has 0 bridgehead atoms. The van der Waals surface area contributed by atoms with Crippen LogP contribution in [-0.2, 0) is 9.09 Å². The SMILES string of the molecule is CCCCC1CCC(c2ccc(C(=O)OP(=O)(O)O)cc2)CC1. The molecular weight excluding hydrogens is 315 g/mol. The molecule has 23 heavy (non-hydrogen) atoms. The second kappa shape index (κ2) is 8.09. The molecule has 5 nitrogen and oxygen atoms in total. The lowest BCUT2D eigenvalue weighted by Gasteiger charge is -2.28. The van der Waals surface area contributed by atoms with E-state index in [-0.39, 0.29) is 5.56 Å². The van der Waals surface area contributed by atoms with Crippen molar-refractivity contribution in [1.82, 2.24) is 0 Å². The lowest BCUT2D eigenvalue weighted by molar-refractivity contribution is 0.0678. The van der Waals surface area contributed by atoms with Crippen LogP contribution in [0.5, 0.6) is 0 Å². The van der Waals surface area contributed by atoms with E-state index in [9.17, 15) is 9.36 Å². The normalized spacial score (nSPS) is 21.9. The van der Waals surface area contributed by atoms with Crippen LogP contribution in [-0.4, -0.2) is 15.8 Å². The predicted molar refractivity (Wildman–Crippen MR) is 88.1 cm³/mol. The number of phosphoric acid groups is 1. The van der Waals surface area contributed by atoms with Gasteiger partial charge in [-0.05, 0) is 55.2 Å². The standard InChI is InChI=1S/C17H25O5P/c1-2-3-4-13-5-7-14(8-6-13)15-9-11-16(12-10-15)17(18)22-23(19,20)21/h9-14H,2-8H2,1H3,(H2,19,20,21). The van der Waals surface area contributed by atoms with Crippen molar-refractivity contribution >= 4 is 13.8 Å². The van der Waals surface area contributed by atoms with Gasteiger partial charge in [0.05, 0.1) is 5.56 Å². The lowest BCUT2D eigenvalue weighted by atomic mass is 9.77. The molecule has 0 saturated heterocycles. The summed E-state index contributed by atoms with van der Waals surface area (Å²) >= 11 is 0. The zero-order valence-electron chi connectivity index (χ0n) is 13.5. The molecule has 128 valence electrons. The largest absolute Gasteiger partial charge is 0.527 e. The van der Waals surface area contributed by atoms with Crippen molar-refractivity contribution in [3.63, 3.8) is 0 Å². The zero-order valence-corrected chi connectivity index (χ0v) is 14.4. The third-order valence-corrected chi connectivity index (χ3v) is 5.04. The minimum atomic E-state index is -4.79. The first kappa shape index (κ1) is 18.2. The van der Waals surface area contributed by atoms with Gasteiger partial charge in [0.15, 0.2) is 0 Å². The van der Waals surface area contributed by atoms with E-state index in [1.54, 1.807) is 12.1 Å². The van der Waals surface area contributed by atoms with Gasteiger partial charge in [-0.25, -0.2) is 9.36 Å². The summed E-state index contributed by atoms with van der Waals surface area (Å²) in [6, 6.07) is 6.90. The Kier molecular flexibility index (Phi) is 6.40. The van der Waals surface area contributed by atoms with Crippen LogP contribution in [0.25, 0.3) is 0 Å². The van der Waals surface area contributed by atoms with Crippen molar-refractivity contribution in [1.29, 1.82) is 0 Å². The summed E-state index contributed by atoms with van der Waals surface area (Å²) in [4.78, 5) is 28.9. The van der Waals surface area contributed by atoms with Crippen LogP contribution in [0.4, 0.5) is 0 Å². The molecule has 2 N–H and O–H groups in total. The molecule has 0 heterocycles. The Bertz CT molecular complexity index is 555. The molecule has 2 rings (SSSR count). The highest BCUT2D eigenvalue weighted by Crippen LogP contribution is 2.39. The van der Waals surface area contributed by atoms with Crippen molar-refractivity contribution in [2.24, 2.45) is 5.92 Å². The molecule has 0 unspecified atom stereocenters. The number of hydrogen-bond acceptors (Lipinski definition) is 3. The highest BCUT2D eigenvalue weighted by Gasteiger charge is 2.24. The van der Waals surface area contributed by atoms with Gasteiger partial charge in [-0.2, -0.15) is 0 Å². The molecule has 1 saturated carbocycles. The summed E-state index contributed by atoms with van der Waals surface area (Å²) in [5, 5.41) is 0. The third-order valence-electron chi connectivity index (χ3n) is 4.63. The molecule has 1 aromatic carbocycles. The van der Waals surface area contributed by atoms with Crippen LogP contribution in [0.1, 0.15) is 73.7 Å². The molecule has 6 heteroatoms. The van der Waals surface area contributed by atoms with Gasteiger partial charge in [0.2, 0.25) is 0 Å². The summed E-state index contributed by atoms with van der Waals surface area (Å²) in [5.74, 6) is 0.372. The van der Waals surface area contributed by atoms with Crippen molar-refractivity contribution in [3.8, 4) is 0 Å². The van der Waals surface area contributed by atoms with Gasteiger partial charge >= 0.3 is 13.8 Å². The van der Waals surface area contributed by atoms with E-state index in [1.165, 1.54) is 50.5 Å². The molecule has 0 aromatic heterocycles. The number of hydrogen-bond donors (Lipinski definition) is 2. The molecule has 0 aliphatic heterocycles. The Labute approximate surface area is 137 Å². The number of rotatable bonds is 6. The van der Waals surface area contributed by atoms with Gasteiger partial charge in [0, 0.05) is 0 Å². The van der Waals surface area contributed by atoms with Crippen LogP contribution in [0.2, 0.25) is 0 Å². The Morgan fingerprint density at radius 2 is 1.78 bits per heavy atom. The van der Waals surface area contributed by atoms with Gasteiger partial charge in [-0.1, -0.05) is 38.3 Å². The molecule has 0 amide bonds. The van der Waals surface area contributed by atoms with Crippen molar-refractivity contribution in [2.75, 3.05) is 0 Å². The molecular formula is C17H25O5P. The van der Waals surface area contributed by atoms with E-state index in [2.05, 4.69) is 11.4 Å². The molecule has 1 aliphatic carbocycles. The van der Waals surface area contributed by atoms with Crippen LogP contribution >= 0.6 is 7.82 Å². The summed E-state index contributed by atoms with van der Waals surface area (Å²) < 4.78 is 14.8. The van der Waals surface area contributed by atoms with E-state index in [0.29, 0.717) is 5.92 Å². The lowest BCUT2D eigenvalue weighted by Crippen LogP contribution is -2.13. The fourth-order valence-electron chi connectivity index (χ4n) is 3.33. The molecule has 0 atom stereocenters. The Morgan fingerprint density at radius 1 is 1.17 bits per heavy atom. The first-order valence-electron chi connectivity index (χ1n) is 8.28. The van der Waals surface area contributed by atoms with Crippen molar-refractivity contribution in [3.05, 3.63) is 35.4 Å². The highest BCUT2D eigenvalue weighted by atomic mass is 31.2. The second-order valence-corrected chi connectivity index (χ2v) is 7.51. The summed E-state index contributed by atoms with van der Waals surface area (Å²) in [6.07, 6.45) is 8.74. The summed E-state index contributed by atoms with van der Waals surface area (Å²) in [5.41, 5.74) is 1.35. The van der Waals surface area contributed by atoms with E-state index in [1.807, 2.05) is 12.1 Å². The smallest absolute Gasteiger partial charge is 0.367 e. The first-order chi connectivity index (χ1) is 10.9. The molecule has 1 aromatic rings. The molecule has 1 aliphatic rings. The molecule has 1 fully saturated rings. The number of benzene rings is 1. The van der Waals surface area contributed by atoms with Crippen LogP contribution < -0.4 is 0 Å². The fourth-order valence-corrected chi connectivity index (χ4v) is 3.65.